The van der Waals surface area contributed by atoms with E-state index in [-0.39, 0.29) is 6.04 Å². The van der Waals surface area contributed by atoms with E-state index in [1.807, 2.05) is 25.6 Å². The van der Waals surface area contributed by atoms with E-state index in [9.17, 15) is 0 Å². The van der Waals surface area contributed by atoms with Crippen LogP contribution in [0.2, 0.25) is 0 Å². The van der Waals surface area contributed by atoms with Gasteiger partial charge in [0, 0.05) is 43.1 Å². The summed E-state index contributed by atoms with van der Waals surface area (Å²) < 4.78 is 2.07. The summed E-state index contributed by atoms with van der Waals surface area (Å²) in [5.41, 5.74) is 0. The fourth-order valence-corrected chi connectivity index (χ4v) is 3.16. The summed E-state index contributed by atoms with van der Waals surface area (Å²) in [5.74, 6) is 2.09. The van der Waals surface area contributed by atoms with E-state index in [1.54, 1.807) is 17.5 Å². The monoisotopic (exact) mass is 301 g/mol. The second kappa shape index (κ2) is 6.69. The summed E-state index contributed by atoms with van der Waals surface area (Å²) in [6, 6.07) is 4.39. The van der Waals surface area contributed by atoms with E-state index in [4.69, 9.17) is 0 Å². The second-order valence-electron chi connectivity index (χ2n) is 4.94. The Morgan fingerprint density at radius 2 is 2.33 bits per heavy atom. The van der Waals surface area contributed by atoms with E-state index in [0.29, 0.717) is 0 Å². The van der Waals surface area contributed by atoms with Crippen LogP contribution in [0.25, 0.3) is 0 Å². The van der Waals surface area contributed by atoms with Gasteiger partial charge in [-0.15, -0.1) is 11.3 Å². The molecule has 0 aliphatic heterocycles. The molecule has 6 heteroatoms. The Morgan fingerprint density at radius 1 is 1.38 bits per heavy atom. The minimum absolute atomic E-state index is 0.154. The van der Waals surface area contributed by atoms with Crippen molar-refractivity contribution in [3.05, 3.63) is 58.8 Å². The highest BCUT2D eigenvalue weighted by Gasteiger charge is 2.18. The van der Waals surface area contributed by atoms with Gasteiger partial charge >= 0.3 is 0 Å². The Morgan fingerprint density at radius 3 is 3.00 bits per heavy atom. The molecule has 5 nitrogen and oxygen atoms in total. The first-order valence-electron chi connectivity index (χ1n) is 7.07. The van der Waals surface area contributed by atoms with Crippen molar-refractivity contribution in [2.24, 2.45) is 7.05 Å². The minimum atomic E-state index is 0.154. The number of aryl methyl sites for hydroxylation is 2. The Kier molecular flexibility index (Phi) is 4.47. The number of nitrogens with one attached hydrogen (secondary N) is 2. The van der Waals surface area contributed by atoms with Gasteiger partial charge in [0.15, 0.2) is 0 Å². The molecule has 0 fully saturated rings. The number of H-pyrrole nitrogens is 1. The molecule has 0 saturated carbocycles. The number of hydrogen-bond donors (Lipinski definition) is 2. The predicted molar refractivity (Wildman–Crippen MR) is 84.3 cm³/mol. The van der Waals surface area contributed by atoms with Crippen LogP contribution in [0.3, 0.4) is 0 Å². The smallest absolute Gasteiger partial charge is 0.131 e. The SMILES string of the molecule is Cn1ccnc1C(NCCCc1ncc[nH]1)c1cccs1. The summed E-state index contributed by atoms with van der Waals surface area (Å²) in [5, 5.41) is 5.72. The molecule has 0 aliphatic carbocycles. The molecule has 3 aromatic rings. The van der Waals surface area contributed by atoms with Crippen molar-refractivity contribution < 1.29 is 0 Å². The highest BCUT2D eigenvalue weighted by molar-refractivity contribution is 7.10. The zero-order valence-corrected chi connectivity index (χ0v) is 12.8. The Bertz CT molecular complexity index is 641. The lowest BCUT2D eigenvalue weighted by Gasteiger charge is -2.17. The summed E-state index contributed by atoms with van der Waals surface area (Å²) in [6.45, 7) is 0.927. The van der Waals surface area contributed by atoms with Gasteiger partial charge in [0.25, 0.3) is 0 Å². The van der Waals surface area contributed by atoms with Crippen LogP contribution in [0.15, 0.2) is 42.3 Å². The molecule has 0 amide bonds. The molecular weight excluding hydrogens is 282 g/mol. The highest BCUT2D eigenvalue weighted by atomic mass is 32.1. The zero-order chi connectivity index (χ0) is 14.5. The van der Waals surface area contributed by atoms with Crippen molar-refractivity contribution in [2.75, 3.05) is 6.54 Å². The van der Waals surface area contributed by atoms with Gasteiger partial charge in [0.2, 0.25) is 0 Å². The van der Waals surface area contributed by atoms with Crippen LogP contribution < -0.4 is 5.32 Å². The van der Waals surface area contributed by atoms with Gasteiger partial charge < -0.3 is 14.9 Å². The molecule has 0 spiro atoms. The normalized spacial score (nSPS) is 12.6. The van der Waals surface area contributed by atoms with Crippen LogP contribution in [0, 0.1) is 0 Å². The number of aromatic amines is 1. The lowest BCUT2D eigenvalue weighted by atomic mass is 10.2. The summed E-state index contributed by atoms with van der Waals surface area (Å²) in [7, 11) is 2.04. The first-order valence-corrected chi connectivity index (χ1v) is 7.95. The number of nitrogens with zero attached hydrogens (tertiary/aromatic N) is 3. The number of imidazole rings is 2. The molecule has 110 valence electrons. The van der Waals surface area contributed by atoms with E-state index >= 15 is 0 Å². The van der Waals surface area contributed by atoms with Gasteiger partial charge in [-0.3, -0.25) is 0 Å². The molecule has 1 atom stereocenters. The molecule has 3 aromatic heterocycles. The van der Waals surface area contributed by atoms with Crippen molar-refractivity contribution >= 4 is 11.3 Å². The van der Waals surface area contributed by atoms with Crippen LogP contribution in [0.4, 0.5) is 0 Å². The maximum atomic E-state index is 4.49. The molecule has 3 rings (SSSR count). The topological polar surface area (TPSA) is 58.5 Å². The first-order chi connectivity index (χ1) is 10.3. The van der Waals surface area contributed by atoms with E-state index in [0.717, 1.165) is 31.0 Å². The molecule has 0 bridgehead atoms. The van der Waals surface area contributed by atoms with Gasteiger partial charge in [-0.2, -0.15) is 0 Å². The molecule has 0 radical (unpaired) electrons. The first kappa shape index (κ1) is 14.0. The van der Waals surface area contributed by atoms with Crippen LogP contribution >= 0.6 is 11.3 Å². The van der Waals surface area contributed by atoms with Crippen LogP contribution in [0.1, 0.15) is 29.0 Å². The third kappa shape index (κ3) is 3.40. The van der Waals surface area contributed by atoms with Crippen LogP contribution in [-0.4, -0.2) is 26.1 Å². The molecule has 21 heavy (non-hydrogen) atoms. The largest absolute Gasteiger partial charge is 0.349 e. The molecular formula is C15H19N5S. The average molecular weight is 301 g/mol. The minimum Gasteiger partial charge on any atom is -0.349 e. The standard InChI is InChI=1S/C15H19N5S/c1-20-10-9-19-15(20)14(12-4-3-11-21-12)18-6-2-5-13-16-7-8-17-13/h3-4,7-11,14,18H,2,5-6H2,1H3,(H,16,17). The van der Waals surface area contributed by atoms with E-state index in [2.05, 4.69) is 42.3 Å². The lowest BCUT2D eigenvalue weighted by Crippen LogP contribution is -2.25. The zero-order valence-electron chi connectivity index (χ0n) is 12.0. The number of thiophene rings is 1. The molecule has 0 aliphatic rings. The second-order valence-corrected chi connectivity index (χ2v) is 5.92. The quantitative estimate of drug-likeness (QED) is 0.659. The van der Waals surface area contributed by atoms with Crippen LogP contribution in [0.5, 0.6) is 0 Å². The van der Waals surface area contributed by atoms with E-state index < -0.39 is 0 Å². The third-order valence-corrected chi connectivity index (χ3v) is 4.38. The molecule has 1 unspecified atom stereocenters. The Labute approximate surface area is 128 Å². The highest BCUT2D eigenvalue weighted by Crippen LogP contribution is 2.24. The molecule has 3 heterocycles. The summed E-state index contributed by atoms with van der Waals surface area (Å²) in [4.78, 5) is 13.2. The van der Waals surface area contributed by atoms with Crippen molar-refractivity contribution in [2.45, 2.75) is 18.9 Å². The number of aromatic nitrogens is 4. The fourth-order valence-electron chi connectivity index (χ4n) is 2.37. The maximum Gasteiger partial charge on any atom is 0.131 e. The fraction of sp³-hybridized carbons (Fsp3) is 0.333. The van der Waals surface area contributed by atoms with Crippen molar-refractivity contribution in [1.82, 2.24) is 24.8 Å². The summed E-state index contributed by atoms with van der Waals surface area (Å²) in [6.07, 6.45) is 9.49. The van der Waals surface area contributed by atoms with Gasteiger partial charge in [-0.25, -0.2) is 9.97 Å². The molecule has 0 saturated heterocycles. The van der Waals surface area contributed by atoms with Gasteiger partial charge in [-0.05, 0) is 24.4 Å². The Balaban J connectivity index is 1.62. The van der Waals surface area contributed by atoms with E-state index in [1.165, 1.54) is 4.88 Å². The Hall–Kier alpha value is -1.92. The van der Waals surface area contributed by atoms with Gasteiger partial charge in [-0.1, -0.05) is 6.07 Å². The van der Waals surface area contributed by atoms with Crippen molar-refractivity contribution in [3.63, 3.8) is 0 Å². The molecule has 2 N–H and O–H groups in total. The van der Waals surface area contributed by atoms with Crippen LogP contribution in [-0.2, 0) is 13.5 Å². The van der Waals surface area contributed by atoms with Crippen molar-refractivity contribution in [3.8, 4) is 0 Å². The summed E-state index contributed by atoms with van der Waals surface area (Å²) >= 11 is 1.76. The predicted octanol–water partition coefficient (Wildman–Crippen LogP) is 2.52. The average Bonchev–Trinajstić information content (AvgIpc) is 3.21. The third-order valence-electron chi connectivity index (χ3n) is 3.44. The van der Waals surface area contributed by atoms with Crippen molar-refractivity contribution in [1.29, 1.82) is 0 Å². The van der Waals surface area contributed by atoms with Gasteiger partial charge in [0.05, 0.1) is 0 Å². The molecule has 0 aromatic carbocycles. The maximum absolute atomic E-state index is 4.49. The number of rotatable bonds is 7. The van der Waals surface area contributed by atoms with Gasteiger partial charge in [0.1, 0.15) is 17.7 Å². The lowest BCUT2D eigenvalue weighted by molar-refractivity contribution is 0.549. The number of hydrogen-bond acceptors (Lipinski definition) is 4.